The molecule has 108 valence electrons. The molecule has 4 nitrogen and oxygen atoms in total. The lowest BCUT2D eigenvalue weighted by molar-refractivity contribution is -0.274. The molecule has 3 rings (SSSR count). The van der Waals surface area contributed by atoms with Crippen LogP contribution in [-0.4, -0.2) is 16.3 Å². The van der Waals surface area contributed by atoms with Gasteiger partial charge in [-0.25, -0.2) is 4.98 Å². The van der Waals surface area contributed by atoms with Crippen LogP contribution in [0.2, 0.25) is 0 Å². The first kappa shape index (κ1) is 13.3. The third-order valence-electron chi connectivity index (χ3n) is 2.85. The number of rotatable bonds is 2. The number of H-pyrrole nitrogens is 1. The maximum atomic E-state index is 12.2. The van der Waals surface area contributed by atoms with E-state index in [1.807, 2.05) is 0 Å². The van der Waals surface area contributed by atoms with Crippen molar-refractivity contribution in [3.05, 3.63) is 42.5 Å². The minimum absolute atomic E-state index is 0.292. The second-order valence-electron chi connectivity index (χ2n) is 4.44. The summed E-state index contributed by atoms with van der Waals surface area (Å²) in [5.74, 6) is 0.156. The number of hydrogen-bond acceptors (Lipinski definition) is 3. The fourth-order valence-corrected chi connectivity index (χ4v) is 2.00. The van der Waals surface area contributed by atoms with Crippen molar-refractivity contribution in [2.75, 3.05) is 5.73 Å². The number of aromatic amines is 1. The summed E-state index contributed by atoms with van der Waals surface area (Å²) in [6.45, 7) is 0. The fraction of sp³-hybridized carbons (Fsp3) is 0.0714. The normalized spacial score (nSPS) is 11.8. The molecular formula is C14H10F3N3O. The number of halogens is 3. The van der Waals surface area contributed by atoms with Crippen LogP contribution in [0.1, 0.15) is 0 Å². The van der Waals surface area contributed by atoms with Crippen molar-refractivity contribution in [1.29, 1.82) is 0 Å². The molecule has 3 aromatic rings. The van der Waals surface area contributed by atoms with Gasteiger partial charge in [0.2, 0.25) is 0 Å². The number of ether oxygens (including phenoxy) is 1. The molecule has 0 bridgehead atoms. The molecule has 0 amide bonds. The molecule has 0 saturated heterocycles. The summed E-state index contributed by atoms with van der Waals surface area (Å²) in [6, 6.07) is 10.8. The smallest absolute Gasteiger partial charge is 0.406 e. The zero-order valence-corrected chi connectivity index (χ0v) is 10.6. The molecule has 0 radical (unpaired) electrons. The number of alkyl halides is 3. The van der Waals surface area contributed by atoms with Crippen LogP contribution in [0.3, 0.4) is 0 Å². The predicted octanol–water partition coefficient (Wildman–Crippen LogP) is 3.71. The molecule has 0 spiro atoms. The Labute approximate surface area is 117 Å². The first-order chi connectivity index (χ1) is 9.90. The molecule has 21 heavy (non-hydrogen) atoms. The first-order valence-electron chi connectivity index (χ1n) is 6.02. The van der Waals surface area contributed by atoms with Gasteiger partial charge in [0.05, 0.1) is 11.0 Å². The van der Waals surface area contributed by atoms with Crippen molar-refractivity contribution in [3.63, 3.8) is 0 Å². The van der Waals surface area contributed by atoms with E-state index in [2.05, 4.69) is 14.7 Å². The topological polar surface area (TPSA) is 63.9 Å². The molecule has 2 aromatic carbocycles. The van der Waals surface area contributed by atoms with Gasteiger partial charge in [0.25, 0.3) is 0 Å². The van der Waals surface area contributed by atoms with Gasteiger partial charge in [-0.3, -0.25) is 0 Å². The van der Waals surface area contributed by atoms with Crippen LogP contribution in [0.15, 0.2) is 42.5 Å². The fourth-order valence-electron chi connectivity index (χ4n) is 2.00. The lowest BCUT2D eigenvalue weighted by Crippen LogP contribution is -2.17. The summed E-state index contributed by atoms with van der Waals surface area (Å²) in [4.78, 5) is 7.33. The maximum absolute atomic E-state index is 12.2. The minimum Gasteiger partial charge on any atom is -0.406 e. The number of nitrogens with zero attached hydrogens (tertiary/aromatic N) is 1. The van der Waals surface area contributed by atoms with E-state index in [4.69, 9.17) is 5.73 Å². The van der Waals surface area contributed by atoms with Crippen molar-refractivity contribution in [3.8, 4) is 17.1 Å². The quantitative estimate of drug-likeness (QED) is 0.708. The van der Waals surface area contributed by atoms with Gasteiger partial charge < -0.3 is 15.5 Å². The molecule has 3 N–H and O–H groups in total. The van der Waals surface area contributed by atoms with E-state index in [9.17, 15) is 13.2 Å². The van der Waals surface area contributed by atoms with Gasteiger partial charge in [0.1, 0.15) is 11.6 Å². The number of nitrogens with one attached hydrogen (secondary N) is 1. The molecular weight excluding hydrogens is 283 g/mol. The molecule has 1 heterocycles. The highest BCUT2D eigenvalue weighted by Crippen LogP contribution is 2.28. The minimum atomic E-state index is -4.72. The highest BCUT2D eigenvalue weighted by atomic mass is 19.4. The van der Waals surface area contributed by atoms with Gasteiger partial charge in [0.15, 0.2) is 0 Å². The molecule has 0 aliphatic heterocycles. The summed E-state index contributed by atoms with van der Waals surface area (Å²) in [5.41, 5.74) is 8.12. The summed E-state index contributed by atoms with van der Waals surface area (Å²) in [6.07, 6.45) is -4.72. The average Bonchev–Trinajstić information content (AvgIpc) is 2.80. The van der Waals surface area contributed by atoms with Crippen LogP contribution < -0.4 is 10.5 Å². The van der Waals surface area contributed by atoms with Gasteiger partial charge in [-0.2, -0.15) is 0 Å². The number of nitrogens with two attached hydrogens (primary N) is 1. The Morgan fingerprint density at radius 2 is 1.90 bits per heavy atom. The Balaban J connectivity index is 2.00. The van der Waals surface area contributed by atoms with Crippen molar-refractivity contribution in [2.24, 2.45) is 0 Å². The van der Waals surface area contributed by atoms with E-state index in [1.165, 1.54) is 18.2 Å². The number of imidazole rings is 1. The Morgan fingerprint density at radius 3 is 2.67 bits per heavy atom. The van der Waals surface area contributed by atoms with E-state index in [-0.39, 0.29) is 5.75 Å². The van der Waals surface area contributed by atoms with Gasteiger partial charge in [-0.15, -0.1) is 13.2 Å². The number of aromatic nitrogens is 2. The second-order valence-corrected chi connectivity index (χ2v) is 4.44. The Morgan fingerprint density at radius 1 is 1.10 bits per heavy atom. The van der Waals surface area contributed by atoms with Gasteiger partial charge >= 0.3 is 6.36 Å². The van der Waals surface area contributed by atoms with Crippen molar-refractivity contribution < 1.29 is 17.9 Å². The van der Waals surface area contributed by atoms with E-state index >= 15 is 0 Å². The molecule has 0 unspecified atom stereocenters. The first-order valence-corrected chi connectivity index (χ1v) is 6.02. The molecule has 0 aliphatic rings. The highest BCUT2D eigenvalue weighted by molar-refractivity contribution is 5.82. The summed E-state index contributed by atoms with van der Waals surface area (Å²) < 4.78 is 40.6. The monoisotopic (exact) mass is 293 g/mol. The summed E-state index contributed by atoms with van der Waals surface area (Å²) in [7, 11) is 0. The molecule has 7 heteroatoms. The highest BCUT2D eigenvalue weighted by Gasteiger charge is 2.31. The second kappa shape index (κ2) is 4.69. The largest absolute Gasteiger partial charge is 0.573 e. The van der Waals surface area contributed by atoms with Crippen molar-refractivity contribution >= 4 is 16.7 Å². The summed E-state index contributed by atoms with van der Waals surface area (Å²) in [5, 5.41) is 0. The van der Waals surface area contributed by atoms with Crippen LogP contribution in [-0.2, 0) is 0 Å². The van der Waals surface area contributed by atoms with E-state index in [0.717, 1.165) is 5.52 Å². The number of hydrogen-bond donors (Lipinski definition) is 2. The molecule has 0 fully saturated rings. The molecule has 0 saturated carbocycles. The van der Waals surface area contributed by atoms with E-state index in [0.29, 0.717) is 22.6 Å². The lowest BCUT2D eigenvalue weighted by Gasteiger charge is -2.09. The van der Waals surface area contributed by atoms with Gasteiger partial charge in [-0.1, -0.05) is 12.1 Å². The number of benzene rings is 2. The average molecular weight is 293 g/mol. The SMILES string of the molecule is Nc1ccc2[nH]c(-c3cccc(OC(F)(F)F)c3)nc2c1. The van der Waals surface area contributed by atoms with E-state index < -0.39 is 6.36 Å². The number of nitrogen functional groups attached to an aromatic ring is 1. The predicted molar refractivity (Wildman–Crippen MR) is 72.6 cm³/mol. The molecule has 0 aliphatic carbocycles. The molecule has 1 aromatic heterocycles. The van der Waals surface area contributed by atoms with Crippen LogP contribution in [0.5, 0.6) is 5.75 Å². The lowest BCUT2D eigenvalue weighted by atomic mass is 10.2. The zero-order valence-electron chi connectivity index (χ0n) is 10.6. The summed E-state index contributed by atoms with van der Waals surface area (Å²) >= 11 is 0. The standard InChI is InChI=1S/C14H10F3N3O/c15-14(16,17)21-10-3-1-2-8(6-10)13-19-11-5-4-9(18)7-12(11)20-13/h1-7H,18H2,(H,19,20). The van der Waals surface area contributed by atoms with Gasteiger partial charge in [-0.05, 0) is 30.3 Å². The van der Waals surface area contributed by atoms with Crippen molar-refractivity contribution in [1.82, 2.24) is 9.97 Å². The Hall–Kier alpha value is -2.70. The van der Waals surface area contributed by atoms with Gasteiger partial charge in [0, 0.05) is 11.3 Å². The van der Waals surface area contributed by atoms with Crippen LogP contribution in [0, 0.1) is 0 Å². The zero-order chi connectivity index (χ0) is 15.0. The third-order valence-corrected chi connectivity index (χ3v) is 2.85. The van der Waals surface area contributed by atoms with E-state index in [1.54, 1.807) is 24.3 Å². The number of anilines is 1. The van der Waals surface area contributed by atoms with Crippen LogP contribution >= 0.6 is 0 Å². The van der Waals surface area contributed by atoms with Crippen LogP contribution in [0.4, 0.5) is 18.9 Å². The third kappa shape index (κ3) is 2.91. The molecule has 0 atom stereocenters. The number of fused-ring (bicyclic) bond motifs is 1. The van der Waals surface area contributed by atoms with Crippen molar-refractivity contribution in [2.45, 2.75) is 6.36 Å². The van der Waals surface area contributed by atoms with Crippen LogP contribution in [0.25, 0.3) is 22.4 Å². The maximum Gasteiger partial charge on any atom is 0.573 e. The Kier molecular flexibility index (Phi) is 2.97. The Bertz CT molecular complexity index is 796.